The van der Waals surface area contributed by atoms with E-state index in [1.54, 1.807) is 6.20 Å². The van der Waals surface area contributed by atoms with Crippen LogP contribution in [0.25, 0.3) is 0 Å². The first-order valence-corrected chi connectivity index (χ1v) is 8.06. The molecule has 1 amide bonds. The molecule has 2 N–H and O–H groups in total. The van der Waals surface area contributed by atoms with Crippen LogP contribution in [-0.2, 0) is 11.3 Å². The second-order valence-electron chi connectivity index (χ2n) is 7.52. The highest BCUT2D eigenvalue weighted by Crippen LogP contribution is 2.48. The molecule has 2 saturated heterocycles. The number of ether oxygens (including phenoxy) is 1. The third-order valence-electron chi connectivity index (χ3n) is 4.74. The van der Waals surface area contributed by atoms with Gasteiger partial charge >= 0.3 is 6.09 Å². The third kappa shape index (κ3) is 2.97. The molecular weight excluding hydrogens is 280 g/mol. The number of nitrogens with zero attached hydrogens (tertiary/aromatic N) is 2. The Morgan fingerprint density at radius 2 is 2.36 bits per heavy atom. The molecule has 0 spiro atoms. The maximum absolute atomic E-state index is 12.3. The fourth-order valence-corrected chi connectivity index (χ4v) is 3.72. The number of fused-ring (bicyclic) bond motifs is 1. The van der Waals surface area contributed by atoms with Gasteiger partial charge in [-0.15, -0.1) is 0 Å². The second kappa shape index (κ2) is 5.57. The number of aromatic amines is 1. The minimum Gasteiger partial charge on any atom is -0.444 e. The highest BCUT2D eigenvalue weighted by atomic mass is 16.6. The van der Waals surface area contributed by atoms with E-state index in [9.17, 15) is 4.79 Å². The molecule has 1 aromatic heterocycles. The lowest BCUT2D eigenvalue weighted by molar-refractivity contribution is 0.0180. The lowest BCUT2D eigenvalue weighted by atomic mass is 9.70. The summed E-state index contributed by atoms with van der Waals surface area (Å²) in [6.07, 6.45) is 2.71. The van der Waals surface area contributed by atoms with E-state index in [4.69, 9.17) is 4.74 Å². The molecule has 4 unspecified atom stereocenters. The average Bonchev–Trinajstić information content (AvgIpc) is 3.09. The van der Waals surface area contributed by atoms with Crippen LogP contribution in [0.4, 0.5) is 4.79 Å². The van der Waals surface area contributed by atoms with Crippen molar-refractivity contribution in [3.8, 4) is 0 Å². The number of hydrogen-bond donors (Lipinski definition) is 2. The van der Waals surface area contributed by atoms with Crippen LogP contribution in [0.3, 0.4) is 0 Å². The fraction of sp³-hybridized carbons (Fsp3) is 0.750. The van der Waals surface area contributed by atoms with E-state index in [0.29, 0.717) is 23.9 Å². The van der Waals surface area contributed by atoms with Gasteiger partial charge in [0.15, 0.2) is 0 Å². The van der Waals surface area contributed by atoms with E-state index < -0.39 is 5.60 Å². The lowest BCUT2D eigenvalue weighted by Crippen LogP contribution is -2.51. The minimum absolute atomic E-state index is 0.164. The summed E-state index contributed by atoms with van der Waals surface area (Å²) in [6, 6.07) is 2.67. The molecule has 1 saturated carbocycles. The number of rotatable bonds is 4. The van der Waals surface area contributed by atoms with Crippen molar-refractivity contribution in [2.24, 2.45) is 11.8 Å². The summed E-state index contributed by atoms with van der Waals surface area (Å²) in [7, 11) is 0. The Bertz CT molecular complexity index is 523. The van der Waals surface area contributed by atoms with Crippen molar-refractivity contribution >= 4 is 6.09 Å². The van der Waals surface area contributed by atoms with Crippen LogP contribution in [0.2, 0.25) is 0 Å². The van der Waals surface area contributed by atoms with Crippen LogP contribution in [0.5, 0.6) is 0 Å². The van der Waals surface area contributed by atoms with Gasteiger partial charge in [0.05, 0.1) is 0 Å². The summed E-state index contributed by atoms with van der Waals surface area (Å²) in [5, 5.41) is 10.5. The van der Waals surface area contributed by atoms with Crippen molar-refractivity contribution in [2.75, 3.05) is 6.54 Å². The molecule has 4 atom stereocenters. The molecule has 4 rings (SSSR count). The molecule has 2 aliphatic heterocycles. The highest BCUT2D eigenvalue weighted by Gasteiger charge is 2.56. The molecule has 1 aliphatic carbocycles. The fourth-order valence-electron chi connectivity index (χ4n) is 3.72. The summed E-state index contributed by atoms with van der Waals surface area (Å²) >= 11 is 0. The van der Waals surface area contributed by atoms with Gasteiger partial charge in [-0.05, 0) is 52.0 Å². The van der Waals surface area contributed by atoms with Crippen molar-refractivity contribution in [3.63, 3.8) is 0 Å². The zero-order chi connectivity index (χ0) is 15.9. The summed E-state index contributed by atoms with van der Waals surface area (Å²) in [5.74, 6) is 1.12. The molecule has 22 heavy (non-hydrogen) atoms. The van der Waals surface area contributed by atoms with Crippen molar-refractivity contribution in [1.82, 2.24) is 20.4 Å². The van der Waals surface area contributed by atoms with Gasteiger partial charge in [0, 0.05) is 37.1 Å². The van der Waals surface area contributed by atoms with Crippen molar-refractivity contribution in [1.29, 1.82) is 0 Å². The summed E-state index contributed by atoms with van der Waals surface area (Å²) in [5.41, 5.74) is 0.659. The zero-order valence-corrected chi connectivity index (χ0v) is 13.8. The maximum atomic E-state index is 12.3. The van der Waals surface area contributed by atoms with Crippen molar-refractivity contribution in [2.45, 2.75) is 58.3 Å². The minimum atomic E-state index is -0.427. The first-order valence-electron chi connectivity index (χ1n) is 8.06. The first kappa shape index (κ1) is 15.3. The van der Waals surface area contributed by atoms with E-state index in [-0.39, 0.29) is 6.09 Å². The molecule has 1 aromatic rings. The van der Waals surface area contributed by atoms with Gasteiger partial charge in [-0.2, -0.15) is 5.10 Å². The van der Waals surface area contributed by atoms with Gasteiger partial charge < -0.3 is 15.0 Å². The maximum Gasteiger partial charge on any atom is 0.410 e. The van der Waals surface area contributed by atoms with Crippen LogP contribution >= 0.6 is 0 Å². The molecule has 0 radical (unpaired) electrons. The van der Waals surface area contributed by atoms with E-state index in [1.165, 1.54) is 0 Å². The molecule has 122 valence electrons. The molecule has 0 aromatic carbocycles. The van der Waals surface area contributed by atoms with Gasteiger partial charge in [-0.3, -0.25) is 5.10 Å². The standard InChI is InChI=1S/C16H26N4O2/c1-10(17-8-12-5-6-18-19-12)14-11-7-13(14)20(9-11)15(21)22-16(2,3)4/h5-6,10-11,13-14,17H,7-9H2,1-4H3,(H,18,19). The largest absolute Gasteiger partial charge is 0.444 e. The Kier molecular flexibility index (Phi) is 3.89. The van der Waals surface area contributed by atoms with Gasteiger partial charge in [0.1, 0.15) is 5.60 Å². The monoisotopic (exact) mass is 306 g/mol. The van der Waals surface area contributed by atoms with E-state index >= 15 is 0 Å². The predicted octanol–water partition coefficient (Wildman–Crippen LogP) is 2.14. The highest BCUT2D eigenvalue weighted by molar-refractivity contribution is 5.69. The number of aromatic nitrogens is 2. The number of hydrogen-bond acceptors (Lipinski definition) is 4. The third-order valence-corrected chi connectivity index (χ3v) is 4.74. The summed E-state index contributed by atoms with van der Waals surface area (Å²) < 4.78 is 5.52. The number of carbonyl (C=O) groups is 1. The van der Waals surface area contributed by atoms with E-state index in [2.05, 4.69) is 22.4 Å². The summed E-state index contributed by atoms with van der Waals surface area (Å²) in [6.45, 7) is 9.56. The quantitative estimate of drug-likeness (QED) is 0.894. The zero-order valence-electron chi connectivity index (χ0n) is 13.8. The van der Waals surface area contributed by atoms with Crippen LogP contribution in [0.15, 0.2) is 12.3 Å². The van der Waals surface area contributed by atoms with Gasteiger partial charge in [0.25, 0.3) is 0 Å². The number of H-pyrrole nitrogens is 1. The van der Waals surface area contributed by atoms with Gasteiger partial charge in [-0.1, -0.05) is 0 Å². The van der Waals surface area contributed by atoms with Crippen LogP contribution in [0, 0.1) is 11.8 Å². The number of nitrogens with one attached hydrogen (secondary N) is 2. The number of amides is 1. The number of carbonyl (C=O) groups excluding carboxylic acids is 1. The molecule has 3 aliphatic rings. The Hall–Kier alpha value is -1.56. The Morgan fingerprint density at radius 3 is 3.00 bits per heavy atom. The average molecular weight is 306 g/mol. The first-order chi connectivity index (χ1) is 10.3. The predicted molar refractivity (Wildman–Crippen MR) is 83.2 cm³/mol. The van der Waals surface area contributed by atoms with Crippen LogP contribution < -0.4 is 5.32 Å². The molecule has 6 nitrogen and oxygen atoms in total. The molecular formula is C16H26N4O2. The van der Waals surface area contributed by atoms with Gasteiger partial charge in [-0.25, -0.2) is 4.79 Å². The molecule has 6 heteroatoms. The van der Waals surface area contributed by atoms with E-state index in [0.717, 1.165) is 25.2 Å². The summed E-state index contributed by atoms with van der Waals surface area (Å²) in [4.78, 5) is 14.2. The Morgan fingerprint density at radius 1 is 1.59 bits per heavy atom. The lowest BCUT2D eigenvalue weighted by Gasteiger charge is -2.40. The second-order valence-corrected chi connectivity index (χ2v) is 7.52. The van der Waals surface area contributed by atoms with E-state index in [1.807, 2.05) is 31.7 Å². The Labute approximate surface area is 131 Å². The molecule has 2 bridgehead atoms. The topological polar surface area (TPSA) is 70.2 Å². The normalized spacial score (nSPS) is 28.4. The SMILES string of the molecule is CC(NCc1ccn[nH]1)C1C2CC1N(C(=O)OC(C)(C)C)C2. The smallest absolute Gasteiger partial charge is 0.410 e. The van der Waals surface area contributed by atoms with Crippen LogP contribution in [0.1, 0.15) is 39.8 Å². The molecule has 3 heterocycles. The van der Waals surface area contributed by atoms with Crippen molar-refractivity contribution < 1.29 is 9.53 Å². The van der Waals surface area contributed by atoms with Crippen molar-refractivity contribution in [3.05, 3.63) is 18.0 Å². The Balaban J connectivity index is 1.53. The molecule has 3 fully saturated rings. The van der Waals surface area contributed by atoms with Gasteiger partial charge in [0.2, 0.25) is 0 Å². The van der Waals surface area contributed by atoms with Crippen LogP contribution in [-0.4, -0.2) is 45.4 Å².